The third kappa shape index (κ3) is 4.86. The van der Waals surface area contributed by atoms with Crippen LogP contribution < -0.4 is 5.32 Å². The number of carboxylic acid groups (broad SMARTS) is 1. The van der Waals surface area contributed by atoms with Gasteiger partial charge >= 0.3 is 12.0 Å². The average molecular weight is 254 g/mol. The summed E-state index contributed by atoms with van der Waals surface area (Å²) in [6, 6.07) is -0.228. The molecule has 0 bridgehead atoms. The van der Waals surface area contributed by atoms with Crippen molar-refractivity contribution in [1.82, 2.24) is 20.4 Å². The van der Waals surface area contributed by atoms with Gasteiger partial charge in [0.05, 0.1) is 12.7 Å². The minimum atomic E-state index is -0.858. The molecule has 0 aliphatic rings. The van der Waals surface area contributed by atoms with Crippen molar-refractivity contribution in [3.63, 3.8) is 0 Å². The Hall–Kier alpha value is -2.05. The number of amides is 2. The first-order valence-electron chi connectivity index (χ1n) is 5.67. The average Bonchev–Trinajstić information content (AvgIpc) is 2.77. The van der Waals surface area contributed by atoms with E-state index in [0.717, 1.165) is 5.56 Å². The van der Waals surface area contributed by atoms with Crippen LogP contribution in [-0.2, 0) is 11.3 Å². The number of aliphatic carboxylic acids is 1. The predicted octanol–water partition coefficient (Wildman–Crippen LogP) is 0.662. The monoisotopic (exact) mass is 254 g/mol. The van der Waals surface area contributed by atoms with Crippen molar-refractivity contribution in [3.05, 3.63) is 18.0 Å². The van der Waals surface area contributed by atoms with Crippen molar-refractivity contribution in [2.45, 2.75) is 19.9 Å². The number of rotatable bonds is 6. The number of aromatic amines is 1. The summed E-state index contributed by atoms with van der Waals surface area (Å²) in [7, 11) is 1.67. The predicted molar refractivity (Wildman–Crippen MR) is 64.9 cm³/mol. The van der Waals surface area contributed by atoms with E-state index < -0.39 is 5.97 Å². The summed E-state index contributed by atoms with van der Waals surface area (Å²) in [5, 5.41) is 17.8. The second kappa shape index (κ2) is 6.63. The minimum Gasteiger partial charge on any atom is -0.481 e. The molecule has 0 aliphatic carbocycles. The fourth-order valence-electron chi connectivity index (χ4n) is 1.48. The molecule has 1 unspecified atom stereocenters. The second-order valence-corrected chi connectivity index (χ2v) is 4.35. The van der Waals surface area contributed by atoms with Gasteiger partial charge in [-0.25, -0.2) is 4.79 Å². The van der Waals surface area contributed by atoms with Crippen LogP contribution in [0, 0.1) is 5.92 Å². The SMILES string of the molecule is CC(CNC(=O)N(C)Cc1cn[nH]c1)CC(=O)O. The van der Waals surface area contributed by atoms with E-state index in [1.807, 2.05) is 0 Å². The van der Waals surface area contributed by atoms with Gasteiger partial charge in [-0.1, -0.05) is 6.92 Å². The first-order chi connectivity index (χ1) is 8.49. The van der Waals surface area contributed by atoms with Crippen LogP contribution in [0.5, 0.6) is 0 Å². The van der Waals surface area contributed by atoms with Crippen LogP contribution in [0.15, 0.2) is 12.4 Å². The van der Waals surface area contributed by atoms with E-state index in [0.29, 0.717) is 13.1 Å². The highest BCUT2D eigenvalue weighted by Gasteiger charge is 2.12. The van der Waals surface area contributed by atoms with Gasteiger partial charge in [0.2, 0.25) is 0 Å². The fraction of sp³-hybridized carbons (Fsp3) is 0.545. The van der Waals surface area contributed by atoms with Crippen LogP contribution in [-0.4, -0.2) is 45.8 Å². The Morgan fingerprint density at radius 3 is 2.89 bits per heavy atom. The van der Waals surface area contributed by atoms with Crippen molar-refractivity contribution in [2.24, 2.45) is 5.92 Å². The van der Waals surface area contributed by atoms with Crippen molar-refractivity contribution < 1.29 is 14.7 Å². The number of nitrogens with one attached hydrogen (secondary N) is 2. The summed E-state index contributed by atoms with van der Waals surface area (Å²) in [6.45, 7) is 2.58. The second-order valence-electron chi connectivity index (χ2n) is 4.35. The maximum atomic E-state index is 11.7. The lowest BCUT2D eigenvalue weighted by molar-refractivity contribution is -0.137. The van der Waals surface area contributed by atoms with Gasteiger partial charge in [0.1, 0.15) is 0 Å². The maximum Gasteiger partial charge on any atom is 0.317 e. The van der Waals surface area contributed by atoms with E-state index >= 15 is 0 Å². The summed E-state index contributed by atoms with van der Waals surface area (Å²) in [5.74, 6) is -0.947. The largest absolute Gasteiger partial charge is 0.481 e. The summed E-state index contributed by atoms with van der Waals surface area (Å²) < 4.78 is 0. The normalized spacial score (nSPS) is 11.9. The van der Waals surface area contributed by atoms with Crippen molar-refractivity contribution in [2.75, 3.05) is 13.6 Å². The van der Waals surface area contributed by atoms with Crippen LogP contribution >= 0.6 is 0 Å². The number of hydrogen-bond donors (Lipinski definition) is 3. The summed E-state index contributed by atoms with van der Waals surface area (Å²) in [4.78, 5) is 23.7. The number of H-pyrrole nitrogens is 1. The standard InChI is InChI=1S/C11H18N4O3/c1-8(3-10(16)17)4-12-11(18)15(2)7-9-5-13-14-6-9/h5-6,8H,3-4,7H2,1-2H3,(H,12,18)(H,13,14)(H,16,17). The highest BCUT2D eigenvalue weighted by atomic mass is 16.4. The molecule has 0 radical (unpaired) electrons. The zero-order valence-corrected chi connectivity index (χ0v) is 10.5. The van der Waals surface area contributed by atoms with Crippen LogP contribution in [0.4, 0.5) is 4.79 Å². The molecule has 0 fully saturated rings. The first-order valence-corrected chi connectivity index (χ1v) is 5.67. The molecule has 1 aromatic heterocycles. The number of carbonyl (C=O) groups excluding carboxylic acids is 1. The number of hydrogen-bond acceptors (Lipinski definition) is 3. The molecule has 1 heterocycles. The maximum absolute atomic E-state index is 11.7. The highest BCUT2D eigenvalue weighted by Crippen LogP contribution is 2.02. The van der Waals surface area contributed by atoms with Crippen LogP contribution in [0.25, 0.3) is 0 Å². The Labute approximate surface area is 105 Å². The Morgan fingerprint density at radius 1 is 1.61 bits per heavy atom. The molecule has 0 aromatic carbocycles. The van der Waals surface area contributed by atoms with E-state index in [2.05, 4.69) is 15.5 Å². The molecule has 1 atom stereocenters. The van der Waals surface area contributed by atoms with E-state index in [4.69, 9.17) is 5.11 Å². The number of carboxylic acids is 1. The van der Waals surface area contributed by atoms with Gasteiger partial charge < -0.3 is 15.3 Å². The van der Waals surface area contributed by atoms with E-state index in [9.17, 15) is 9.59 Å². The van der Waals surface area contributed by atoms with Gasteiger partial charge in [-0.3, -0.25) is 9.89 Å². The lowest BCUT2D eigenvalue weighted by Crippen LogP contribution is -2.39. The van der Waals surface area contributed by atoms with Crippen LogP contribution in [0.2, 0.25) is 0 Å². The third-order valence-electron chi connectivity index (χ3n) is 2.45. The molecule has 3 N–H and O–H groups in total. The van der Waals surface area contributed by atoms with Gasteiger partial charge in [-0.05, 0) is 5.92 Å². The Bertz CT molecular complexity index is 391. The Kier molecular flexibility index (Phi) is 5.16. The first kappa shape index (κ1) is 14.0. The molecule has 1 rings (SSSR count). The molecule has 7 heteroatoms. The molecule has 0 spiro atoms. The zero-order valence-electron chi connectivity index (χ0n) is 10.5. The van der Waals surface area contributed by atoms with Gasteiger partial charge in [0.15, 0.2) is 0 Å². The van der Waals surface area contributed by atoms with Gasteiger partial charge in [-0.2, -0.15) is 5.10 Å². The van der Waals surface area contributed by atoms with Gasteiger partial charge in [0, 0.05) is 31.8 Å². The molecule has 0 aliphatic heterocycles. The smallest absolute Gasteiger partial charge is 0.317 e. The lowest BCUT2D eigenvalue weighted by Gasteiger charge is -2.18. The molecular weight excluding hydrogens is 236 g/mol. The molecule has 7 nitrogen and oxygen atoms in total. The molecule has 1 aromatic rings. The van der Waals surface area contributed by atoms with Crippen molar-refractivity contribution in [3.8, 4) is 0 Å². The minimum absolute atomic E-state index is 0.0473. The number of urea groups is 1. The van der Waals surface area contributed by atoms with Gasteiger partial charge in [-0.15, -0.1) is 0 Å². The summed E-state index contributed by atoms with van der Waals surface area (Å²) in [5.41, 5.74) is 0.909. The Balaban J connectivity index is 2.29. The number of nitrogens with zero attached hydrogens (tertiary/aromatic N) is 2. The number of aromatic nitrogens is 2. The molecule has 100 valence electrons. The van der Waals surface area contributed by atoms with Crippen LogP contribution in [0.1, 0.15) is 18.9 Å². The lowest BCUT2D eigenvalue weighted by atomic mass is 10.1. The molecule has 2 amide bonds. The summed E-state index contributed by atoms with van der Waals surface area (Å²) >= 11 is 0. The fourth-order valence-corrected chi connectivity index (χ4v) is 1.48. The molecule has 0 saturated carbocycles. The topological polar surface area (TPSA) is 98.3 Å². The van der Waals surface area contributed by atoms with Gasteiger partial charge in [0.25, 0.3) is 0 Å². The highest BCUT2D eigenvalue weighted by molar-refractivity contribution is 5.74. The molecule has 18 heavy (non-hydrogen) atoms. The van der Waals surface area contributed by atoms with E-state index in [-0.39, 0.29) is 18.4 Å². The van der Waals surface area contributed by atoms with Crippen molar-refractivity contribution in [1.29, 1.82) is 0 Å². The van der Waals surface area contributed by atoms with Crippen molar-refractivity contribution >= 4 is 12.0 Å². The third-order valence-corrected chi connectivity index (χ3v) is 2.45. The van der Waals surface area contributed by atoms with Crippen LogP contribution in [0.3, 0.4) is 0 Å². The molecule has 0 saturated heterocycles. The van der Waals surface area contributed by atoms with E-state index in [1.54, 1.807) is 26.4 Å². The van der Waals surface area contributed by atoms with E-state index in [1.165, 1.54) is 4.90 Å². The quantitative estimate of drug-likeness (QED) is 0.694. The Morgan fingerprint density at radius 2 is 2.33 bits per heavy atom. The number of carbonyl (C=O) groups is 2. The summed E-state index contributed by atoms with van der Waals surface area (Å²) in [6.07, 6.45) is 3.42. The zero-order chi connectivity index (χ0) is 13.5. The molecular formula is C11H18N4O3.